The number of hydrogen-bond donors (Lipinski definition) is 1. The Morgan fingerprint density at radius 3 is 2.18 bits per heavy atom. The van der Waals surface area contributed by atoms with E-state index >= 15 is 0 Å². The van der Waals surface area contributed by atoms with Crippen LogP contribution in [-0.2, 0) is 0 Å². The van der Waals surface area contributed by atoms with Crippen molar-refractivity contribution in [2.45, 2.75) is 40.7 Å². The molecule has 96 valence electrons. The molecular weight excluding hydrogens is 212 g/mol. The average molecular weight is 236 g/mol. The van der Waals surface area contributed by atoms with Crippen LogP contribution in [0.15, 0.2) is 0 Å². The maximum atomic E-state index is 4.56. The van der Waals surface area contributed by atoms with Crippen molar-refractivity contribution < 1.29 is 0 Å². The van der Waals surface area contributed by atoms with E-state index in [1.54, 1.807) is 0 Å². The smallest absolute Gasteiger partial charge is 0.137 e. The number of hydrogen-bond acceptors (Lipinski definition) is 4. The Morgan fingerprint density at radius 1 is 1.12 bits per heavy atom. The molecule has 0 aliphatic heterocycles. The first-order chi connectivity index (χ1) is 7.88. The molecule has 0 radical (unpaired) electrons. The molecule has 0 aliphatic rings. The molecule has 0 bridgehead atoms. The van der Waals surface area contributed by atoms with Gasteiger partial charge in [0.2, 0.25) is 0 Å². The Bertz CT molecular complexity index is 387. The molecule has 1 aromatic rings. The van der Waals surface area contributed by atoms with Gasteiger partial charge in [-0.15, -0.1) is 0 Å². The molecule has 1 rings (SSSR count). The topological polar surface area (TPSA) is 41.1 Å². The molecule has 0 aromatic carbocycles. The standard InChI is InChI=1S/C13H24N4/c1-8(2)10(4)17(7)13-9(3)12(14-6)15-11(5)16-13/h8,10H,1-7H3,(H,14,15,16). The van der Waals surface area contributed by atoms with Gasteiger partial charge >= 0.3 is 0 Å². The van der Waals surface area contributed by atoms with Crippen molar-refractivity contribution >= 4 is 11.6 Å². The number of aromatic nitrogens is 2. The molecule has 0 saturated heterocycles. The van der Waals surface area contributed by atoms with Gasteiger partial charge in [-0.2, -0.15) is 0 Å². The van der Waals surface area contributed by atoms with Crippen LogP contribution in [0.3, 0.4) is 0 Å². The summed E-state index contributed by atoms with van der Waals surface area (Å²) < 4.78 is 0. The van der Waals surface area contributed by atoms with E-state index in [9.17, 15) is 0 Å². The van der Waals surface area contributed by atoms with Crippen molar-refractivity contribution in [3.63, 3.8) is 0 Å². The summed E-state index contributed by atoms with van der Waals surface area (Å²) in [5, 5.41) is 3.12. The number of nitrogens with one attached hydrogen (secondary N) is 1. The fourth-order valence-electron chi connectivity index (χ4n) is 1.84. The summed E-state index contributed by atoms with van der Waals surface area (Å²) in [5.41, 5.74) is 1.10. The molecule has 0 saturated carbocycles. The van der Waals surface area contributed by atoms with Gasteiger partial charge in [0.25, 0.3) is 0 Å². The van der Waals surface area contributed by atoms with Gasteiger partial charge in [-0.1, -0.05) is 13.8 Å². The monoisotopic (exact) mass is 236 g/mol. The maximum Gasteiger partial charge on any atom is 0.137 e. The third-order valence-electron chi connectivity index (χ3n) is 3.38. The van der Waals surface area contributed by atoms with Crippen molar-refractivity contribution in [1.82, 2.24) is 9.97 Å². The first-order valence-corrected chi connectivity index (χ1v) is 6.14. The van der Waals surface area contributed by atoms with Crippen LogP contribution in [0.25, 0.3) is 0 Å². The summed E-state index contributed by atoms with van der Waals surface area (Å²) >= 11 is 0. The summed E-state index contributed by atoms with van der Waals surface area (Å²) in [6.45, 7) is 10.7. The molecule has 1 heterocycles. The Morgan fingerprint density at radius 2 is 1.71 bits per heavy atom. The fraction of sp³-hybridized carbons (Fsp3) is 0.692. The van der Waals surface area contributed by atoms with Crippen LogP contribution in [0.1, 0.15) is 32.2 Å². The Hall–Kier alpha value is -1.32. The first-order valence-electron chi connectivity index (χ1n) is 6.14. The highest BCUT2D eigenvalue weighted by Crippen LogP contribution is 2.25. The Kier molecular flexibility index (Phi) is 4.32. The minimum atomic E-state index is 0.452. The quantitative estimate of drug-likeness (QED) is 0.872. The van der Waals surface area contributed by atoms with Crippen LogP contribution in [0.2, 0.25) is 0 Å². The van der Waals surface area contributed by atoms with Crippen molar-refractivity contribution in [3.05, 3.63) is 11.4 Å². The minimum Gasteiger partial charge on any atom is -0.373 e. The summed E-state index contributed by atoms with van der Waals surface area (Å²) in [7, 11) is 3.99. The van der Waals surface area contributed by atoms with Crippen LogP contribution >= 0.6 is 0 Å². The number of aryl methyl sites for hydroxylation is 1. The molecule has 1 atom stereocenters. The summed E-state index contributed by atoms with van der Waals surface area (Å²) in [5.74, 6) is 3.32. The summed E-state index contributed by atoms with van der Waals surface area (Å²) in [6, 6.07) is 0.452. The second-order valence-corrected chi connectivity index (χ2v) is 4.91. The first kappa shape index (κ1) is 13.7. The van der Waals surface area contributed by atoms with Crippen LogP contribution in [-0.4, -0.2) is 30.1 Å². The summed E-state index contributed by atoms with van der Waals surface area (Å²) in [6.07, 6.45) is 0. The van der Waals surface area contributed by atoms with Crippen LogP contribution in [0, 0.1) is 19.8 Å². The van der Waals surface area contributed by atoms with Gasteiger partial charge in [0.15, 0.2) is 0 Å². The molecule has 1 aromatic heterocycles. The second-order valence-electron chi connectivity index (χ2n) is 4.91. The molecule has 0 spiro atoms. The zero-order chi connectivity index (χ0) is 13.2. The van der Waals surface area contributed by atoms with Gasteiger partial charge in [0.1, 0.15) is 17.5 Å². The normalized spacial score (nSPS) is 12.7. The van der Waals surface area contributed by atoms with E-state index in [2.05, 4.69) is 54.9 Å². The van der Waals surface area contributed by atoms with Gasteiger partial charge in [-0.3, -0.25) is 0 Å². The van der Waals surface area contributed by atoms with Crippen molar-refractivity contribution in [2.75, 3.05) is 24.3 Å². The van der Waals surface area contributed by atoms with E-state index in [1.807, 2.05) is 14.0 Å². The Labute approximate surface area is 104 Å². The van der Waals surface area contributed by atoms with E-state index in [4.69, 9.17) is 0 Å². The molecular formula is C13H24N4. The molecule has 0 amide bonds. The van der Waals surface area contributed by atoms with Crippen molar-refractivity contribution in [3.8, 4) is 0 Å². The van der Waals surface area contributed by atoms with Gasteiger partial charge in [-0.05, 0) is 26.7 Å². The molecule has 17 heavy (non-hydrogen) atoms. The lowest BCUT2D eigenvalue weighted by Crippen LogP contribution is -2.34. The third-order valence-corrected chi connectivity index (χ3v) is 3.38. The zero-order valence-electron chi connectivity index (χ0n) is 12.0. The second kappa shape index (κ2) is 5.34. The lowest BCUT2D eigenvalue weighted by Gasteiger charge is -2.30. The predicted octanol–water partition coefficient (Wildman–Crippen LogP) is 2.62. The van der Waals surface area contributed by atoms with E-state index in [0.29, 0.717) is 12.0 Å². The highest BCUT2D eigenvalue weighted by molar-refractivity contribution is 5.58. The van der Waals surface area contributed by atoms with Crippen molar-refractivity contribution in [1.29, 1.82) is 0 Å². The molecule has 1 unspecified atom stereocenters. The molecule has 1 N–H and O–H groups in total. The SMILES string of the molecule is CNc1nc(C)nc(N(C)C(C)C(C)C)c1C. The number of rotatable bonds is 4. The lowest BCUT2D eigenvalue weighted by atomic mass is 10.0. The fourth-order valence-corrected chi connectivity index (χ4v) is 1.84. The minimum absolute atomic E-state index is 0.452. The largest absolute Gasteiger partial charge is 0.373 e. The predicted molar refractivity (Wildman–Crippen MR) is 73.8 cm³/mol. The lowest BCUT2D eigenvalue weighted by molar-refractivity contribution is 0.501. The van der Waals surface area contributed by atoms with Gasteiger partial charge in [0.05, 0.1) is 0 Å². The molecule has 4 heteroatoms. The van der Waals surface area contributed by atoms with Gasteiger partial charge in [0, 0.05) is 25.7 Å². The van der Waals surface area contributed by atoms with E-state index in [-0.39, 0.29) is 0 Å². The van der Waals surface area contributed by atoms with Crippen LogP contribution < -0.4 is 10.2 Å². The Balaban J connectivity index is 3.17. The van der Waals surface area contributed by atoms with Gasteiger partial charge < -0.3 is 10.2 Å². The number of anilines is 2. The van der Waals surface area contributed by atoms with E-state index in [0.717, 1.165) is 23.0 Å². The maximum absolute atomic E-state index is 4.56. The van der Waals surface area contributed by atoms with E-state index < -0.39 is 0 Å². The average Bonchev–Trinajstić information content (AvgIpc) is 2.29. The van der Waals surface area contributed by atoms with Crippen molar-refractivity contribution in [2.24, 2.45) is 5.92 Å². The molecule has 4 nitrogen and oxygen atoms in total. The van der Waals surface area contributed by atoms with Crippen LogP contribution in [0.4, 0.5) is 11.6 Å². The zero-order valence-corrected chi connectivity index (χ0v) is 12.0. The molecule has 0 fully saturated rings. The number of nitrogens with zero attached hydrogens (tertiary/aromatic N) is 3. The highest BCUT2D eigenvalue weighted by Gasteiger charge is 2.18. The van der Waals surface area contributed by atoms with Crippen LogP contribution in [0.5, 0.6) is 0 Å². The third kappa shape index (κ3) is 2.87. The van der Waals surface area contributed by atoms with Gasteiger partial charge in [-0.25, -0.2) is 9.97 Å². The summed E-state index contributed by atoms with van der Waals surface area (Å²) in [4.78, 5) is 11.2. The highest BCUT2D eigenvalue weighted by atomic mass is 15.2. The molecule has 0 aliphatic carbocycles. The van der Waals surface area contributed by atoms with E-state index in [1.165, 1.54) is 0 Å².